The van der Waals surface area contributed by atoms with Gasteiger partial charge >= 0.3 is 0 Å². The number of aryl methyl sites for hydroxylation is 1. The van der Waals surface area contributed by atoms with Crippen LogP contribution in [0.2, 0.25) is 0 Å². The van der Waals surface area contributed by atoms with Gasteiger partial charge in [-0.25, -0.2) is 0 Å². The maximum atomic E-state index is 13.3. The lowest BCUT2D eigenvalue weighted by Gasteiger charge is -2.59. The number of benzene rings is 2. The van der Waals surface area contributed by atoms with Gasteiger partial charge in [-0.05, 0) is 68.7 Å². The SMILES string of the molecule is Cc1ccc(S(=O)(=O)OC2C3CC4CC(C3)N(C(=O)c3ccccc3)C2C4)cc1. The summed E-state index contributed by atoms with van der Waals surface area (Å²) in [5.41, 5.74) is 1.65. The molecule has 2 saturated heterocycles. The lowest BCUT2D eigenvalue weighted by Crippen LogP contribution is -2.66. The van der Waals surface area contributed by atoms with Crippen LogP contribution in [0.4, 0.5) is 0 Å². The van der Waals surface area contributed by atoms with E-state index >= 15 is 0 Å². The topological polar surface area (TPSA) is 63.7 Å². The minimum Gasteiger partial charge on any atom is -0.330 e. The fourth-order valence-corrected chi connectivity index (χ4v) is 6.73. The van der Waals surface area contributed by atoms with Crippen LogP contribution in [0, 0.1) is 18.8 Å². The minimum atomic E-state index is -3.87. The van der Waals surface area contributed by atoms with Crippen molar-refractivity contribution < 1.29 is 17.4 Å². The van der Waals surface area contributed by atoms with E-state index in [1.54, 1.807) is 24.3 Å². The highest BCUT2D eigenvalue weighted by molar-refractivity contribution is 7.86. The average molecular weight is 412 g/mol. The Morgan fingerprint density at radius 2 is 1.69 bits per heavy atom. The Morgan fingerprint density at radius 1 is 0.966 bits per heavy atom. The fraction of sp³-hybridized carbons (Fsp3) is 0.435. The van der Waals surface area contributed by atoms with Crippen molar-refractivity contribution in [3.63, 3.8) is 0 Å². The first-order valence-electron chi connectivity index (χ1n) is 10.3. The highest BCUT2D eigenvalue weighted by Crippen LogP contribution is 2.51. The van der Waals surface area contributed by atoms with Crippen LogP contribution in [-0.2, 0) is 14.3 Å². The molecule has 152 valence electrons. The van der Waals surface area contributed by atoms with Crippen LogP contribution < -0.4 is 0 Å². The van der Waals surface area contributed by atoms with Crippen molar-refractivity contribution in [2.24, 2.45) is 11.8 Å². The number of hydrogen-bond acceptors (Lipinski definition) is 4. The summed E-state index contributed by atoms with van der Waals surface area (Å²) >= 11 is 0. The van der Waals surface area contributed by atoms with Gasteiger partial charge in [-0.15, -0.1) is 0 Å². The predicted octanol–water partition coefficient (Wildman–Crippen LogP) is 3.78. The maximum absolute atomic E-state index is 13.3. The van der Waals surface area contributed by atoms with Gasteiger partial charge in [0.15, 0.2) is 0 Å². The van der Waals surface area contributed by atoms with Crippen LogP contribution >= 0.6 is 0 Å². The highest BCUT2D eigenvalue weighted by atomic mass is 32.2. The molecule has 4 fully saturated rings. The summed E-state index contributed by atoms with van der Waals surface area (Å²) in [7, 11) is -3.87. The zero-order valence-corrected chi connectivity index (χ0v) is 17.2. The molecule has 0 N–H and O–H groups in total. The van der Waals surface area contributed by atoms with E-state index in [1.807, 2.05) is 42.2 Å². The zero-order chi connectivity index (χ0) is 20.2. The van der Waals surface area contributed by atoms with Crippen molar-refractivity contribution in [3.05, 3.63) is 65.7 Å². The maximum Gasteiger partial charge on any atom is 0.297 e. The van der Waals surface area contributed by atoms with E-state index in [1.165, 1.54) is 0 Å². The molecule has 2 heterocycles. The van der Waals surface area contributed by atoms with E-state index in [4.69, 9.17) is 4.18 Å². The third-order valence-corrected chi connectivity index (χ3v) is 8.11. The van der Waals surface area contributed by atoms with Crippen LogP contribution in [0.15, 0.2) is 59.5 Å². The Bertz CT molecular complexity index is 1020. The van der Waals surface area contributed by atoms with Gasteiger partial charge in [-0.1, -0.05) is 35.9 Å². The zero-order valence-electron chi connectivity index (χ0n) is 16.4. The summed E-state index contributed by atoms with van der Waals surface area (Å²) in [6.07, 6.45) is 3.18. The van der Waals surface area contributed by atoms with E-state index in [2.05, 4.69) is 0 Å². The van der Waals surface area contributed by atoms with E-state index in [9.17, 15) is 13.2 Å². The van der Waals surface area contributed by atoms with Crippen LogP contribution in [-0.4, -0.2) is 37.4 Å². The first-order valence-corrected chi connectivity index (χ1v) is 11.7. The van der Waals surface area contributed by atoms with Gasteiger partial charge < -0.3 is 4.90 Å². The molecule has 6 rings (SSSR count). The number of nitrogens with zero attached hydrogens (tertiary/aromatic N) is 1. The van der Waals surface area contributed by atoms with Gasteiger partial charge in [0.25, 0.3) is 16.0 Å². The van der Waals surface area contributed by atoms with E-state index in [0.29, 0.717) is 11.5 Å². The summed E-state index contributed by atoms with van der Waals surface area (Å²) in [4.78, 5) is 15.4. The Morgan fingerprint density at radius 3 is 2.41 bits per heavy atom. The van der Waals surface area contributed by atoms with Crippen molar-refractivity contribution in [2.45, 2.75) is 55.7 Å². The van der Waals surface area contributed by atoms with Gasteiger partial charge in [-0.2, -0.15) is 8.42 Å². The van der Waals surface area contributed by atoms with Crippen molar-refractivity contribution in [2.75, 3.05) is 0 Å². The average Bonchev–Trinajstić information content (AvgIpc) is 2.71. The third-order valence-electron chi connectivity index (χ3n) is 6.79. The van der Waals surface area contributed by atoms with Crippen LogP contribution in [0.25, 0.3) is 0 Å². The molecule has 4 bridgehead atoms. The Labute approximate surface area is 171 Å². The first kappa shape index (κ1) is 18.8. The Balaban J connectivity index is 1.45. The smallest absolute Gasteiger partial charge is 0.297 e. The second-order valence-corrected chi connectivity index (χ2v) is 10.3. The summed E-state index contributed by atoms with van der Waals surface area (Å²) in [5.74, 6) is 0.740. The van der Waals surface area contributed by atoms with Crippen LogP contribution in [0.5, 0.6) is 0 Å². The molecular weight excluding hydrogens is 386 g/mol. The number of amides is 1. The lowest BCUT2D eigenvalue weighted by atomic mass is 9.62. The summed E-state index contributed by atoms with van der Waals surface area (Å²) in [5, 5.41) is 0. The second-order valence-electron chi connectivity index (χ2n) is 8.70. The highest BCUT2D eigenvalue weighted by Gasteiger charge is 2.55. The summed E-state index contributed by atoms with van der Waals surface area (Å²) < 4.78 is 31.7. The molecule has 4 aliphatic rings. The predicted molar refractivity (Wildman–Crippen MR) is 109 cm³/mol. The van der Waals surface area contributed by atoms with Gasteiger partial charge in [0, 0.05) is 11.6 Å². The monoisotopic (exact) mass is 411 g/mol. The molecule has 1 amide bonds. The van der Waals surface area contributed by atoms with Crippen LogP contribution in [0.3, 0.4) is 0 Å². The van der Waals surface area contributed by atoms with Gasteiger partial charge in [0.2, 0.25) is 0 Å². The Hall–Kier alpha value is -2.18. The molecule has 2 aliphatic carbocycles. The molecule has 2 aromatic rings. The molecular formula is C23H25NO4S. The number of piperidine rings is 2. The standard InChI is InChI=1S/C23H25NO4S/c1-15-7-9-20(10-8-15)29(26,27)28-22-18-11-16-12-19(14-18)24(21(22)13-16)23(25)17-5-3-2-4-6-17/h2-10,16,18-19,21-22H,11-14H2,1H3. The minimum absolute atomic E-state index is 0.0132. The van der Waals surface area contributed by atoms with E-state index in [0.717, 1.165) is 31.2 Å². The van der Waals surface area contributed by atoms with Crippen molar-refractivity contribution in [1.82, 2.24) is 4.90 Å². The van der Waals surface area contributed by atoms with Gasteiger partial charge in [-0.3, -0.25) is 8.98 Å². The lowest BCUT2D eigenvalue weighted by molar-refractivity contribution is -0.108. The number of rotatable bonds is 4. The van der Waals surface area contributed by atoms with Crippen molar-refractivity contribution in [3.8, 4) is 0 Å². The van der Waals surface area contributed by atoms with Gasteiger partial charge in [0.05, 0.1) is 10.9 Å². The molecule has 0 aromatic heterocycles. The number of hydrogen-bond donors (Lipinski definition) is 0. The summed E-state index contributed by atoms with van der Waals surface area (Å²) in [6.45, 7) is 1.92. The molecule has 0 spiro atoms. The van der Waals surface area contributed by atoms with Crippen LogP contribution in [0.1, 0.15) is 41.6 Å². The first-order chi connectivity index (χ1) is 13.9. The molecule has 6 heteroatoms. The molecule has 2 aromatic carbocycles. The second kappa shape index (κ2) is 6.96. The van der Waals surface area contributed by atoms with E-state index < -0.39 is 16.2 Å². The molecule has 2 saturated carbocycles. The van der Waals surface area contributed by atoms with Gasteiger partial charge in [0.1, 0.15) is 6.10 Å². The normalized spacial score (nSPS) is 30.5. The quantitative estimate of drug-likeness (QED) is 0.719. The summed E-state index contributed by atoms with van der Waals surface area (Å²) in [6, 6.07) is 16.0. The number of carbonyl (C=O) groups excluding carboxylic acids is 1. The van der Waals surface area contributed by atoms with E-state index in [-0.39, 0.29) is 28.8 Å². The molecule has 5 atom stereocenters. The molecule has 5 unspecified atom stereocenters. The number of carbonyl (C=O) groups is 1. The molecule has 0 radical (unpaired) electrons. The molecule has 2 aliphatic heterocycles. The van der Waals surface area contributed by atoms with Crippen molar-refractivity contribution in [1.29, 1.82) is 0 Å². The fourth-order valence-electron chi connectivity index (χ4n) is 5.57. The largest absolute Gasteiger partial charge is 0.330 e. The van der Waals surface area contributed by atoms with Crippen molar-refractivity contribution >= 4 is 16.0 Å². The molecule has 5 nitrogen and oxygen atoms in total. The third kappa shape index (κ3) is 3.28. The molecule has 29 heavy (non-hydrogen) atoms. The Kier molecular flexibility index (Phi) is 4.51.